The van der Waals surface area contributed by atoms with Crippen LogP contribution >= 0.6 is 11.3 Å². The molecule has 2 saturated heterocycles. The van der Waals surface area contributed by atoms with E-state index >= 15 is 0 Å². The Morgan fingerprint density at radius 1 is 1.00 bits per heavy atom. The molecule has 7 nitrogen and oxygen atoms in total. The quantitative estimate of drug-likeness (QED) is 0.561. The summed E-state index contributed by atoms with van der Waals surface area (Å²) in [6, 6.07) is 8.39. The smallest absolute Gasteiger partial charge is 0.151 e. The molecule has 2 fully saturated rings. The van der Waals surface area contributed by atoms with E-state index < -0.39 is 0 Å². The molecule has 0 saturated carbocycles. The molecule has 0 aliphatic carbocycles. The molecule has 28 heavy (non-hydrogen) atoms. The molecule has 2 atom stereocenters. The molecular formula is C20H19N7S. The van der Waals surface area contributed by atoms with Crippen LogP contribution < -0.4 is 10.2 Å². The van der Waals surface area contributed by atoms with E-state index in [0.717, 1.165) is 76.4 Å². The topological polar surface area (TPSA) is 82.6 Å². The largest absolute Gasteiger partial charge is 0.354 e. The lowest BCUT2D eigenvalue weighted by Crippen LogP contribution is -2.26. The maximum atomic E-state index is 4.59. The van der Waals surface area contributed by atoms with Crippen LogP contribution in [0.3, 0.4) is 0 Å². The molecule has 0 spiro atoms. The van der Waals surface area contributed by atoms with Crippen molar-refractivity contribution in [1.29, 1.82) is 0 Å². The predicted molar refractivity (Wildman–Crippen MR) is 110 cm³/mol. The van der Waals surface area contributed by atoms with Gasteiger partial charge in [-0.25, -0.2) is 4.98 Å². The molecule has 6 rings (SSSR count). The lowest BCUT2D eigenvalue weighted by atomic mass is 10.0. The number of nitrogens with one attached hydrogen (secondary N) is 2. The fraction of sp³-hybridized carbons (Fsp3) is 0.300. The lowest BCUT2D eigenvalue weighted by Gasteiger charge is -2.18. The summed E-state index contributed by atoms with van der Waals surface area (Å²) in [6.45, 7) is 4.40. The van der Waals surface area contributed by atoms with Gasteiger partial charge in [-0.15, -0.1) is 21.5 Å². The van der Waals surface area contributed by atoms with Crippen LogP contribution in [-0.4, -0.2) is 51.6 Å². The van der Waals surface area contributed by atoms with Crippen molar-refractivity contribution in [1.82, 2.24) is 30.7 Å². The molecule has 0 bridgehead atoms. The molecule has 0 radical (unpaired) electrons. The maximum absolute atomic E-state index is 4.59. The first-order chi connectivity index (χ1) is 13.9. The van der Waals surface area contributed by atoms with Crippen molar-refractivity contribution < 1.29 is 0 Å². The maximum Gasteiger partial charge on any atom is 0.151 e. The molecule has 1 aromatic carbocycles. The van der Waals surface area contributed by atoms with Gasteiger partial charge in [-0.05, 0) is 24.0 Å². The minimum absolute atomic E-state index is 0.744. The molecule has 0 unspecified atom stereocenters. The Hall–Kier alpha value is -2.84. The number of benzene rings is 1. The van der Waals surface area contributed by atoms with Crippen LogP contribution in [0.5, 0.6) is 0 Å². The number of hydrogen-bond acceptors (Lipinski definition) is 7. The summed E-state index contributed by atoms with van der Waals surface area (Å²) in [5.74, 6) is 2.47. The van der Waals surface area contributed by atoms with E-state index in [1.54, 1.807) is 11.3 Å². The number of anilines is 1. The second-order valence-electron chi connectivity index (χ2n) is 7.54. The molecule has 8 heteroatoms. The number of aromatic amines is 1. The molecule has 3 aromatic heterocycles. The van der Waals surface area contributed by atoms with Crippen molar-refractivity contribution in [2.24, 2.45) is 11.8 Å². The monoisotopic (exact) mass is 389 g/mol. The third-order valence-electron chi connectivity index (χ3n) is 5.93. The van der Waals surface area contributed by atoms with Crippen LogP contribution in [0.4, 0.5) is 5.82 Å². The zero-order valence-electron chi connectivity index (χ0n) is 15.2. The van der Waals surface area contributed by atoms with Crippen molar-refractivity contribution in [3.05, 3.63) is 42.2 Å². The Bertz CT molecular complexity index is 1110. The second kappa shape index (κ2) is 6.35. The third-order valence-corrected chi connectivity index (χ3v) is 6.79. The number of thiazole rings is 1. The first-order valence-electron chi connectivity index (χ1n) is 9.52. The van der Waals surface area contributed by atoms with Gasteiger partial charge in [0.25, 0.3) is 0 Å². The highest BCUT2D eigenvalue weighted by molar-refractivity contribution is 7.17. The summed E-state index contributed by atoms with van der Waals surface area (Å²) >= 11 is 1.63. The molecule has 2 N–H and O–H groups in total. The number of aromatic nitrogens is 5. The summed E-state index contributed by atoms with van der Waals surface area (Å²) in [5, 5.41) is 19.5. The summed E-state index contributed by atoms with van der Waals surface area (Å²) in [4.78, 5) is 6.96. The fourth-order valence-corrected chi connectivity index (χ4v) is 5.30. The molecule has 0 amide bonds. The number of rotatable bonds is 3. The molecule has 2 aliphatic rings. The number of hydrogen-bond donors (Lipinski definition) is 2. The SMILES string of the molecule is c1nc2c(-c3cn[nH]c3)ccc(-c3ccc(N4C[C@H]5CNC[C@H]5C4)nn3)c2s1. The third kappa shape index (κ3) is 2.52. The van der Waals surface area contributed by atoms with E-state index in [4.69, 9.17) is 0 Å². The van der Waals surface area contributed by atoms with Crippen LogP contribution in [0, 0.1) is 11.8 Å². The van der Waals surface area contributed by atoms with Gasteiger partial charge in [0.1, 0.15) is 0 Å². The molecule has 2 aliphatic heterocycles. The van der Waals surface area contributed by atoms with Crippen LogP contribution in [0.1, 0.15) is 0 Å². The van der Waals surface area contributed by atoms with Gasteiger partial charge in [0.2, 0.25) is 0 Å². The van der Waals surface area contributed by atoms with Crippen molar-refractivity contribution in [3.8, 4) is 22.4 Å². The molecule has 4 aromatic rings. The van der Waals surface area contributed by atoms with Gasteiger partial charge in [0.05, 0.1) is 27.6 Å². The molecule has 140 valence electrons. The Kier molecular flexibility index (Phi) is 3.66. The van der Waals surface area contributed by atoms with Crippen LogP contribution in [0.2, 0.25) is 0 Å². The highest BCUT2D eigenvalue weighted by Gasteiger charge is 2.36. The van der Waals surface area contributed by atoms with Gasteiger partial charge in [-0.1, -0.05) is 12.1 Å². The van der Waals surface area contributed by atoms with Crippen LogP contribution in [0.15, 0.2) is 42.2 Å². The molecule has 5 heterocycles. The van der Waals surface area contributed by atoms with E-state index in [2.05, 4.69) is 59.9 Å². The van der Waals surface area contributed by atoms with Gasteiger partial charge in [-0.3, -0.25) is 5.10 Å². The van der Waals surface area contributed by atoms with E-state index in [1.165, 1.54) is 0 Å². The summed E-state index contributed by atoms with van der Waals surface area (Å²) in [5.41, 5.74) is 6.95. The average molecular weight is 389 g/mol. The highest BCUT2D eigenvalue weighted by Crippen LogP contribution is 2.36. The van der Waals surface area contributed by atoms with Gasteiger partial charge in [0, 0.05) is 49.1 Å². The normalized spacial score (nSPS) is 21.5. The summed E-state index contributed by atoms with van der Waals surface area (Å²) in [6.07, 6.45) is 3.71. The number of nitrogens with zero attached hydrogens (tertiary/aromatic N) is 5. The highest BCUT2D eigenvalue weighted by atomic mass is 32.1. The first-order valence-corrected chi connectivity index (χ1v) is 10.4. The Balaban J connectivity index is 1.34. The van der Waals surface area contributed by atoms with E-state index in [9.17, 15) is 0 Å². The second-order valence-corrected chi connectivity index (χ2v) is 8.39. The Morgan fingerprint density at radius 2 is 1.86 bits per heavy atom. The average Bonchev–Trinajstić information content (AvgIpc) is 3.51. The summed E-state index contributed by atoms with van der Waals surface area (Å²) in [7, 11) is 0. The Labute approximate surface area is 165 Å². The van der Waals surface area contributed by atoms with E-state index in [0.29, 0.717) is 0 Å². The summed E-state index contributed by atoms with van der Waals surface area (Å²) < 4.78 is 1.13. The number of fused-ring (bicyclic) bond motifs is 2. The minimum Gasteiger partial charge on any atom is -0.354 e. The first kappa shape index (κ1) is 16.1. The fourth-order valence-electron chi connectivity index (χ4n) is 4.46. The van der Waals surface area contributed by atoms with Crippen molar-refractivity contribution in [3.63, 3.8) is 0 Å². The van der Waals surface area contributed by atoms with Gasteiger partial charge < -0.3 is 10.2 Å². The lowest BCUT2D eigenvalue weighted by molar-refractivity contribution is 0.533. The zero-order chi connectivity index (χ0) is 18.5. The van der Waals surface area contributed by atoms with Crippen LogP contribution in [0.25, 0.3) is 32.6 Å². The van der Waals surface area contributed by atoms with E-state index in [1.807, 2.05) is 17.9 Å². The molecular weight excluding hydrogens is 370 g/mol. The van der Waals surface area contributed by atoms with Gasteiger partial charge >= 0.3 is 0 Å². The zero-order valence-corrected chi connectivity index (χ0v) is 16.0. The van der Waals surface area contributed by atoms with Gasteiger partial charge in [0.15, 0.2) is 5.82 Å². The van der Waals surface area contributed by atoms with Crippen LogP contribution in [-0.2, 0) is 0 Å². The van der Waals surface area contributed by atoms with Crippen molar-refractivity contribution >= 4 is 27.4 Å². The predicted octanol–water partition coefficient (Wildman–Crippen LogP) is 2.80. The van der Waals surface area contributed by atoms with E-state index in [-0.39, 0.29) is 0 Å². The standard InChI is InChI=1S/C20H19N7S/c1-2-16(20-19(22-11-28-20)15(1)12-7-23-24-8-12)17-3-4-18(26-25-17)27-9-13-5-21-6-14(13)10-27/h1-4,7-8,11,13-14,21H,5-6,9-10H2,(H,23,24)/t13-,14+. The Morgan fingerprint density at radius 3 is 2.61 bits per heavy atom. The number of H-pyrrole nitrogens is 1. The minimum atomic E-state index is 0.744. The van der Waals surface area contributed by atoms with Crippen molar-refractivity contribution in [2.45, 2.75) is 0 Å². The van der Waals surface area contributed by atoms with Crippen molar-refractivity contribution in [2.75, 3.05) is 31.1 Å². The van der Waals surface area contributed by atoms with Gasteiger partial charge in [-0.2, -0.15) is 5.10 Å².